The summed E-state index contributed by atoms with van der Waals surface area (Å²) in [5.41, 5.74) is 5.87. The van der Waals surface area contributed by atoms with Crippen LogP contribution in [0.3, 0.4) is 0 Å². The number of hydrogen-bond donors (Lipinski definition) is 1. The van der Waals surface area contributed by atoms with Gasteiger partial charge in [0.15, 0.2) is 0 Å². The summed E-state index contributed by atoms with van der Waals surface area (Å²) in [5.74, 6) is 0. The molecule has 0 unspecified atom stereocenters. The normalized spacial score (nSPS) is 38.4. The molecule has 0 bridgehead atoms. The fraction of sp³-hybridized carbons (Fsp3) is 1.00. The van der Waals surface area contributed by atoms with E-state index in [1.165, 1.54) is 12.1 Å². The van der Waals surface area contributed by atoms with Crippen LogP contribution in [0.5, 0.6) is 0 Å². The van der Waals surface area contributed by atoms with Crippen LogP contribution in [-0.4, -0.2) is 27.3 Å². The zero-order chi connectivity index (χ0) is 7.78. The Bertz CT molecular complexity index is 127. The van der Waals surface area contributed by atoms with Gasteiger partial charge in [0.25, 0.3) is 0 Å². The summed E-state index contributed by atoms with van der Waals surface area (Å²) in [7, 11) is 0.827. The average Bonchev–Trinajstić information content (AvgIpc) is 2.05. The molecule has 1 rings (SSSR count). The molecule has 0 aliphatic carbocycles. The third-order valence-corrected chi connectivity index (χ3v) is 5.41. The van der Waals surface area contributed by atoms with Gasteiger partial charge in [-0.05, 0) is 12.1 Å². The van der Waals surface area contributed by atoms with Crippen LogP contribution >= 0.6 is 0 Å². The van der Waals surface area contributed by atoms with E-state index in [2.05, 4.69) is 13.1 Å². The van der Waals surface area contributed by atoms with Crippen LogP contribution in [0.15, 0.2) is 0 Å². The highest BCUT2D eigenvalue weighted by Gasteiger charge is 2.38. The maximum Gasteiger partial charge on any atom is 0.0696 e. The van der Waals surface area contributed by atoms with Gasteiger partial charge in [-0.1, -0.05) is 13.1 Å². The van der Waals surface area contributed by atoms with Crippen molar-refractivity contribution >= 4 is 8.07 Å². The Kier molecular flexibility index (Phi) is 2.17. The maximum atomic E-state index is 5.87. The Morgan fingerprint density at radius 2 is 2.00 bits per heavy atom. The first-order chi connectivity index (χ1) is 4.55. The van der Waals surface area contributed by atoms with Gasteiger partial charge in [0, 0.05) is 13.2 Å². The van der Waals surface area contributed by atoms with Gasteiger partial charge < -0.3 is 10.5 Å². The molecular formula is C7H17NOSi. The molecule has 3 heteroatoms. The molecule has 10 heavy (non-hydrogen) atoms. The first-order valence-corrected chi connectivity index (χ1v) is 7.25. The molecule has 0 saturated carbocycles. The number of nitrogens with two attached hydrogens (primary N) is 1. The monoisotopic (exact) mass is 159 g/mol. The fourth-order valence-corrected chi connectivity index (χ4v) is 5.07. The van der Waals surface area contributed by atoms with Crippen molar-refractivity contribution in [3.63, 3.8) is 0 Å². The Balaban J connectivity index is 2.52. The van der Waals surface area contributed by atoms with E-state index in [-0.39, 0.29) is 0 Å². The molecule has 0 aromatic rings. The lowest BCUT2D eigenvalue weighted by Gasteiger charge is -2.13. The molecule has 0 aromatic carbocycles. The predicted octanol–water partition coefficient (Wildman–Crippen LogP) is 1.05. The van der Waals surface area contributed by atoms with Crippen molar-refractivity contribution in [1.29, 1.82) is 0 Å². The second-order valence-corrected chi connectivity index (χ2v) is 9.16. The van der Waals surface area contributed by atoms with Crippen molar-refractivity contribution in [2.24, 2.45) is 5.73 Å². The zero-order valence-electron chi connectivity index (χ0n) is 7.05. The number of rotatable bonds is 1. The Morgan fingerprint density at radius 3 is 2.20 bits per heavy atom. The molecule has 1 aliphatic rings. The summed E-state index contributed by atoms with van der Waals surface area (Å²) in [6, 6.07) is 2.78. The SMILES string of the molecule is CO[C@H]1C[Si](C)(C)C[C@@H]1N. The summed E-state index contributed by atoms with van der Waals surface area (Å²) in [5, 5.41) is 0. The summed E-state index contributed by atoms with van der Waals surface area (Å²) in [4.78, 5) is 0. The summed E-state index contributed by atoms with van der Waals surface area (Å²) < 4.78 is 5.27. The van der Waals surface area contributed by atoms with E-state index in [1.54, 1.807) is 7.11 Å². The van der Waals surface area contributed by atoms with Crippen LogP contribution in [-0.2, 0) is 4.74 Å². The van der Waals surface area contributed by atoms with Crippen LogP contribution in [0.1, 0.15) is 0 Å². The van der Waals surface area contributed by atoms with E-state index in [0.29, 0.717) is 12.1 Å². The average molecular weight is 159 g/mol. The minimum absolute atomic E-state index is 0.312. The zero-order valence-corrected chi connectivity index (χ0v) is 8.05. The molecule has 1 heterocycles. The number of methoxy groups -OCH3 is 1. The largest absolute Gasteiger partial charge is 0.380 e. The molecule has 0 spiro atoms. The van der Waals surface area contributed by atoms with Crippen LogP contribution in [0.4, 0.5) is 0 Å². The van der Waals surface area contributed by atoms with Gasteiger partial charge in [-0.15, -0.1) is 0 Å². The second-order valence-electron chi connectivity index (χ2n) is 4.01. The van der Waals surface area contributed by atoms with Crippen molar-refractivity contribution < 1.29 is 4.74 Å². The molecule has 1 aliphatic heterocycles. The summed E-state index contributed by atoms with van der Waals surface area (Å²) in [6.07, 6.45) is 0.349. The van der Waals surface area contributed by atoms with Crippen molar-refractivity contribution in [3.05, 3.63) is 0 Å². The lowest BCUT2D eigenvalue weighted by atomic mass is 10.2. The lowest BCUT2D eigenvalue weighted by Crippen LogP contribution is -2.29. The highest BCUT2D eigenvalue weighted by molar-refractivity contribution is 6.78. The second kappa shape index (κ2) is 2.64. The molecule has 60 valence electrons. The standard InChI is InChI=1S/C7H17NOSi/c1-9-7-5-10(2,3)4-6(7)8/h6-7H,4-5,8H2,1-3H3/t6-,7-/m0/s1. The van der Waals surface area contributed by atoms with E-state index in [4.69, 9.17) is 10.5 Å². The lowest BCUT2D eigenvalue weighted by molar-refractivity contribution is 0.108. The van der Waals surface area contributed by atoms with E-state index < -0.39 is 8.07 Å². The topological polar surface area (TPSA) is 35.2 Å². The van der Waals surface area contributed by atoms with Gasteiger partial charge >= 0.3 is 0 Å². The first kappa shape index (κ1) is 8.24. The molecule has 2 N–H and O–H groups in total. The quantitative estimate of drug-likeness (QED) is 0.580. The van der Waals surface area contributed by atoms with Crippen molar-refractivity contribution in [2.75, 3.05) is 7.11 Å². The van der Waals surface area contributed by atoms with Gasteiger partial charge in [-0.25, -0.2) is 0 Å². The van der Waals surface area contributed by atoms with Crippen molar-refractivity contribution in [3.8, 4) is 0 Å². The highest BCUT2D eigenvalue weighted by Crippen LogP contribution is 2.30. The minimum atomic E-state index is -0.937. The third-order valence-electron chi connectivity index (χ3n) is 2.32. The van der Waals surface area contributed by atoms with E-state index in [1.807, 2.05) is 0 Å². The van der Waals surface area contributed by atoms with Gasteiger partial charge in [-0.2, -0.15) is 0 Å². The smallest absolute Gasteiger partial charge is 0.0696 e. The number of ether oxygens (including phenoxy) is 1. The van der Waals surface area contributed by atoms with Crippen LogP contribution in [0.2, 0.25) is 25.2 Å². The fourth-order valence-electron chi connectivity index (χ4n) is 1.81. The molecule has 0 radical (unpaired) electrons. The maximum absolute atomic E-state index is 5.87. The van der Waals surface area contributed by atoms with E-state index >= 15 is 0 Å². The predicted molar refractivity (Wildman–Crippen MR) is 45.9 cm³/mol. The third kappa shape index (κ3) is 1.59. The van der Waals surface area contributed by atoms with Crippen LogP contribution in [0, 0.1) is 0 Å². The minimum Gasteiger partial charge on any atom is -0.380 e. The van der Waals surface area contributed by atoms with Crippen LogP contribution in [0.25, 0.3) is 0 Å². The van der Waals surface area contributed by atoms with Gasteiger partial charge in [0.05, 0.1) is 14.2 Å². The van der Waals surface area contributed by atoms with E-state index in [0.717, 1.165) is 0 Å². The molecule has 0 aromatic heterocycles. The molecule has 2 atom stereocenters. The molecular weight excluding hydrogens is 142 g/mol. The highest BCUT2D eigenvalue weighted by atomic mass is 28.3. The van der Waals surface area contributed by atoms with Gasteiger partial charge in [0.1, 0.15) is 0 Å². The van der Waals surface area contributed by atoms with Gasteiger partial charge in [0.2, 0.25) is 0 Å². The molecule has 0 amide bonds. The van der Waals surface area contributed by atoms with Crippen molar-refractivity contribution in [2.45, 2.75) is 37.3 Å². The molecule has 1 fully saturated rings. The molecule has 2 nitrogen and oxygen atoms in total. The first-order valence-electron chi connectivity index (χ1n) is 3.83. The Hall–Kier alpha value is 0.137. The van der Waals surface area contributed by atoms with E-state index in [9.17, 15) is 0 Å². The Labute approximate surface area is 63.8 Å². The Morgan fingerprint density at radius 1 is 1.40 bits per heavy atom. The van der Waals surface area contributed by atoms with Crippen molar-refractivity contribution in [1.82, 2.24) is 0 Å². The molecule has 1 saturated heterocycles. The number of hydrogen-bond acceptors (Lipinski definition) is 2. The van der Waals surface area contributed by atoms with Crippen LogP contribution < -0.4 is 5.73 Å². The van der Waals surface area contributed by atoms with Gasteiger partial charge in [-0.3, -0.25) is 0 Å². The summed E-state index contributed by atoms with van der Waals surface area (Å²) >= 11 is 0. The summed E-state index contributed by atoms with van der Waals surface area (Å²) in [6.45, 7) is 4.76.